The van der Waals surface area contributed by atoms with Crippen molar-refractivity contribution in [1.82, 2.24) is 40.4 Å². The van der Waals surface area contributed by atoms with Gasteiger partial charge in [0.2, 0.25) is 11.8 Å². The summed E-state index contributed by atoms with van der Waals surface area (Å²) in [4.78, 5) is 72.0. The third-order valence-corrected chi connectivity index (χ3v) is 19.2. The smallest absolute Gasteiger partial charge is 0.405 e. The Morgan fingerprint density at radius 3 is 1.31 bits per heavy atom. The molecule has 5 aromatic rings. The van der Waals surface area contributed by atoms with Crippen LogP contribution in [0.5, 0.6) is 0 Å². The number of aromatic nitrogens is 4. The second kappa shape index (κ2) is 16.9. The monoisotopic (exact) mass is 914 g/mol. The van der Waals surface area contributed by atoms with Gasteiger partial charge in [-0.25, -0.2) is 19.6 Å². The van der Waals surface area contributed by atoms with E-state index in [4.69, 9.17) is 9.97 Å². The average Bonchev–Trinajstić information content (AvgIpc) is 4.12. The summed E-state index contributed by atoms with van der Waals surface area (Å²) in [6.45, 7) is 8.49. The van der Waals surface area contributed by atoms with Gasteiger partial charge < -0.3 is 40.6 Å². The molecular weight excluding hydrogens is 865 g/mol. The fourth-order valence-electron chi connectivity index (χ4n) is 9.28. The Morgan fingerprint density at radius 1 is 0.613 bits per heavy atom. The van der Waals surface area contributed by atoms with Gasteiger partial charge >= 0.3 is 12.2 Å². The number of amides is 4. The first-order valence-corrected chi connectivity index (χ1v) is 24.9. The Labute approximate surface area is 376 Å². The number of nitrogens with zero attached hydrogens (tertiary/aromatic N) is 4. The molecule has 3 aromatic carbocycles. The number of nitrogens with one attached hydrogen (secondary N) is 4. The van der Waals surface area contributed by atoms with Gasteiger partial charge in [0.15, 0.2) is 0 Å². The molecule has 2 spiro atoms. The van der Waals surface area contributed by atoms with Crippen molar-refractivity contribution < 1.29 is 29.4 Å². The summed E-state index contributed by atoms with van der Waals surface area (Å²) in [6.07, 6.45) is -0.961. The number of thioether (sulfide) groups is 4. The van der Waals surface area contributed by atoms with Crippen molar-refractivity contribution in [2.45, 2.75) is 72.9 Å². The molecule has 4 aliphatic heterocycles. The molecule has 62 heavy (non-hydrogen) atoms. The highest BCUT2D eigenvalue weighted by atomic mass is 32.2. The number of hydrogen-bond donors (Lipinski definition) is 6. The van der Waals surface area contributed by atoms with Gasteiger partial charge in [-0.2, -0.15) is 0 Å². The van der Waals surface area contributed by atoms with Gasteiger partial charge in [-0.3, -0.25) is 9.59 Å². The number of benzene rings is 3. The summed E-state index contributed by atoms with van der Waals surface area (Å²) >= 11 is 7.52. The van der Waals surface area contributed by atoms with E-state index in [1.807, 2.05) is 96.7 Å². The first-order valence-electron chi connectivity index (χ1n) is 21.0. The van der Waals surface area contributed by atoms with Crippen molar-refractivity contribution in [2.24, 2.45) is 11.8 Å². The normalized spacial score (nSPS) is 21.5. The minimum absolute atomic E-state index is 0.143. The summed E-state index contributed by atoms with van der Waals surface area (Å²) in [5, 5.41) is 24.0. The first kappa shape index (κ1) is 42.8. The van der Waals surface area contributed by atoms with Crippen LogP contribution in [0.1, 0.15) is 64.3 Å². The zero-order valence-corrected chi connectivity index (χ0v) is 38.1. The highest BCUT2D eigenvalue weighted by Crippen LogP contribution is 2.56. The molecule has 4 aliphatic rings. The highest BCUT2D eigenvalue weighted by molar-refractivity contribution is 8.21. The molecule has 0 aliphatic carbocycles. The molecule has 18 heteroatoms. The minimum atomic E-state index is -1.21. The van der Waals surface area contributed by atoms with E-state index in [0.717, 1.165) is 80.2 Å². The Hall–Kier alpha value is -4.52. The average molecular weight is 915 g/mol. The van der Waals surface area contributed by atoms with Crippen molar-refractivity contribution in [3.63, 3.8) is 0 Å². The zero-order chi connectivity index (χ0) is 43.5. The molecule has 4 saturated heterocycles. The van der Waals surface area contributed by atoms with Crippen molar-refractivity contribution in [1.29, 1.82) is 0 Å². The fraction of sp³-hybridized carbons (Fsp3) is 0.455. The number of fused-ring (bicyclic) bond motifs is 2. The maximum Gasteiger partial charge on any atom is 0.405 e. The van der Waals surface area contributed by atoms with Crippen LogP contribution in [0.4, 0.5) is 9.59 Å². The van der Waals surface area contributed by atoms with Crippen molar-refractivity contribution in [3.8, 4) is 22.3 Å². The number of H-pyrrole nitrogens is 2. The van der Waals surface area contributed by atoms with E-state index >= 15 is 0 Å². The quantitative estimate of drug-likeness (QED) is 0.0786. The van der Waals surface area contributed by atoms with Gasteiger partial charge in [0.25, 0.3) is 0 Å². The van der Waals surface area contributed by atoms with E-state index < -0.39 is 24.3 Å². The van der Waals surface area contributed by atoms with Crippen molar-refractivity contribution >= 4 is 93.1 Å². The summed E-state index contributed by atoms with van der Waals surface area (Å²) in [5.74, 6) is 4.60. The molecule has 0 radical (unpaired) electrons. The molecule has 2 aromatic heterocycles. The van der Waals surface area contributed by atoms with Crippen molar-refractivity contribution in [2.75, 3.05) is 36.1 Å². The van der Waals surface area contributed by atoms with E-state index in [1.165, 1.54) is 0 Å². The molecule has 0 saturated carbocycles. The molecule has 0 bridgehead atoms. The molecule has 326 valence electrons. The third-order valence-electron chi connectivity index (χ3n) is 12.4. The molecule has 4 amide bonds. The molecule has 6 heterocycles. The van der Waals surface area contributed by atoms with Crippen LogP contribution in [0.25, 0.3) is 44.3 Å². The van der Waals surface area contributed by atoms with Crippen LogP contribution >= 0.6 is 47.0 Å². The maximum atomic E-state index is 14.0. The molecule has 4 fully saturated rings. The van der Waals surface area contributed by atoms with Gasteiger partial charge in [0.1, 0.15) is 23.7 Å². The number of aromatic amines is 2. The molecule has 6 N–H and O–H groups in total. The van der Waals surface area contributed by atoms with E-state index in [0.29, 0.717) is 24.7 Å². The second-order valence-corrected chi connectivity index (χ2v) is 23.6. The fourth-order valence-corrected chi connectivity index (χ4v) is 15.8. The van der Waals surface area contributed by atoms with E-state index in [9.17, 15) is 29.4 Å². The van der Waals surface area contributed by atoms with Crippen LogP contribution in [0.15, 0.2) is 60.7 Å². The zero-order valence-electron chi connectivity index (χ0n) is 34.8. The molecular formula is C44H50N8O6S4. The first-order chi connectivity index (χ1) is 29.7. The lowest BCUT2D eigenvalue weighted by Gasteiger charge is -2.30. The van der Waals surface area contributed by atoms with E-state index in [-0.39, 0.29) is 43.9 Å². The maximum absolute atomic E-state index is 14.0. The minimum Gasteiger partial charge on any atom is -0.465 e. The van der Waals surface area contributed by atoms with Gasteiger partial charge in [-0.05, 0) is 58.4 Å². The third kappa shape index (κ3) is 8.23. The number of imidazole rings is 2. The lowest BCUT2D eigenvalue weighted by atomic mass is 10.00. The van der Waals surface area contributed by atoms with E-state index in [1.54, 1.807) is 0 Å². The van der Waals surface area contributed by atoms with Gasteiger partial charge in [-0.15, -0.1) is 47.0 Å². The number of carbonyl (C=O) groups is 4. The molecule has 9 rings (SSSR count). The van der Waals surface area contributed by atoms with Crippen molar-refractivity contribution in [3.05, 3.63) is 72.3 Å². The largest absolute Gasteiger partial charge is 0.465 e. The number of hydrogen-bond acceptors (Lipinski definition) is 10. The highest BCUT2D eigenvalue weighted by Gasteiger charge is 2.53. The van der Waals surface area contributed by atoms with Crippen LogP contribution in [-0.4, -0.2) is 120 Å². The van der Waals surface area contributed by atoms with Crippen LogP contribution in [-0.2, 0) is 9.59 Å². The topological polar surface area (TPSA) is 197 Å². The Morgan fingerprint density at radius 2 is 0.968 bits per heavy atom. The van der Waals surface area contributed by atoms with Crippen LogP contribution in [0.2, 0.25) is 0 Å². The predicted molar refractivity (Wildman–Crippen MR) is 250 cm³/mol. The van der Waals surface area contributed by atoms with Gasteiger partial charge in [0.05, 0.1) is 42.3 Å². The van der Waals surface area contributed by atoms with Gasteiger partial charge in [0, 0.05) is 48.9 Å². The lowest BCUT2D eigenvalue weighted by molar-refractivity contribution is -0.136. The summed E-state index contributed by atoms with van der Waals surface area (Å²) in [5.41, 5.74) is 7.43. The number of rotatable bonds is 10. The Bertz CT molecular complexity index is 2360. The standard InChI is InChI=1S/C44H50N8O6S4/c1-23(2)35(49-41(55)56)39(53)51-21-43(59-13-14-60-43)19-33(51)37-45-29-11-9-27(17-31(29)47-37)25-5-7-26(8-6-25)28-10-12-30-32(18-28)48-38(46-30)34-20-44(61-15-16-62-44)22-52(34)40(54)36(24(3)4)50-42(57)58/h5-12,17-18,23-24,33-36,49-50H,13-16,19-22H2,1-4H3,(H,45,47)(H,46,48)(H,55,56)(H,57,58)/t33-,34-,35-,36-/m0/s1. The molecule has 14 nitrogen and oxygen atoms in total. The van der Waals surface area contributed by atoms with E-state index in [2.05, 4.69) is 69.1 Å². The summed E-state index contributed by atoms with van der Waals surface area (Å²) in [7, 11) is 0. The van der Waals surface area contributed by atoms with Gasteiger partial charge in [-0.1, -0.05) is 64.1 Å². The summed E-state index contributed by atoms with van der Waals surface area (Å²) < 4.78 is -0.287. The molecule has 0 unspecified atom stereocenters. The Kier molecular flexibility index (Phi) is 11.6. The number of likely N-dealkylation sites (tertiary alicyclic amines) is 2. The second-order valence-electron chi connectivity index (χ2n) is 17.2. The number of carboxylic acid groups (broad SMARTS) is 2. The van der Waals surface area contributed by atoms with Crippen LogP contribution in [0.3, 0.4) is 0 Å². The van der Waals surface area contributed by atoms with Crippen LogP contribution < -0.4 is 10.6 Å². The van der Waals surface area contributed by atoms with Crippen LogP contribution in [0, 0.1) is 11.8 Å². The predicted octanol–water partition coefficient (Wildman–Crippen LogP) is 8.26. The lowest BCUT2D eigenvalue weighted by Crippen LogP contribution is -2.51. The number of carbonyl (C=O) groups excluding carboxylic acids is 2. The Balaban J connectivity index is 0.949. The summed E-state index contributed by atoms with van der Waals surface area (Å²) in [6, 6.07) is 18.4. The SMILES string of the molecule is CC(C)[C@H](NC(=O)O)C(=O)N1CC2(C[C@H]1c1nc3ccc(-c4ccc(-c5ccc6nc([C@@H]7CC8(CN7C(=O)[C@@H](NC(=O)O)C(C)C)SCCS8)[nH]c6c5)cc4)cc3[nH]1)SCCS2. The molecule has 4 atom stereocenters.